The summed E-state index contributed by atoms with van der Waals surface area (Å²) < 4.78 is 5.78. The van der Waals surface area contributed by atoms with Gasteiger partial charge in [-0.15, -0.1) is 0 Å². The Balaban J connectivity index is 1.79. The molecule has 0 spiro atoms. The largest absolute Gasteiger partial charge is 0.455 e. The van der Waals surface area contributed by atoms with Gasteiger partial charge in [0.25, 0.3) is 17.5 Å². The lowest BCUT2D eigenvalue weighted by Crippen LogP contribution is -2.24. The number of hydrogen-bond donors (Lipinski definition) is 2. The number of aryl methyl sites for hydroxylation is 1. The Kier molecular flexibility index (Phi) is 6.06. The maximum atomic E-state index is 12.3. The highest BCUT2D eigenvalue weighted by molar-refractivity contribution is 6.07. The molecule has 0 atom stereocenters. The van der Waals surface area contributed by atoms with Crippen molar-refractivity contribution in [2.45, 2.75) is 39.5 Å². The van der Waals surface area contributed by atoms with Crippen molar-refractivity contribution in [3.05, 3.63) is 62.6 Å². The van der Waals surface area contributed by atoms with Gasteiger partial charge in [-0.05, 0) is 38.3 Å². The predicted molar refractivity (Wildman–Crippen MR) is 106 cm³/mol. The number of nitrogens with one attached hydrogen (secondary N) is 2. The molecule has 0 unspecified atom stereocenters. The smallest absolute Gasteiger partial charge is 0.287 e. The molecule has 1 aliphatic carbocycles. The second-order valence-electron chi connectivity index (χ2n) is 6.77. The number of hydrogen-bond acceptors (Lipinski definition) is 6. The molecule has 29 heavy (non-hydrogen) atoms. The molecule has 0 radical (unpaired) electrons. The van der Waals surface area contributed by atoms with Crippen LogP contribution in [0.4, 0.5) is 5.69 Å². The van der Waals surface area contributed by atoms with Crippen molar-refractivity contribution in [1.82, 2.24) is 10.7 Å². The molecule has 0 bridgehead atoms. The van der Waals surface area contributed by atoms with E-state index in [1.807, 2.05) is 13.8 Å². The fourth-order valence-electron chi connectivity index (χ4n) is 3.23. The van der Waals surface area contributed by atoms with Gasteiger partial charge < -0.3 is 9.73 Å². The summed E-state index contributed by atoms with van der Waals surface area (Å²) in [6.07, 6.45) is 2.96. The maximum absolute atomic E-state index is 12.3. The van der Waals surface area contributed by atoms with E-state index in [0.29, 0.717) is 36.4 Å². The number of nitro benzene ring substituents is 1. The van der Waals surface area contributed by atoms with E-state index in [4.69, 9.17) is 4.42 Å². The summed E-state index contributed by atoms with van der Waals surface area (Å²) in [5, 5.41) is 17.8. The number of carbonyl (C=O) groups is 2. The molecule has 9 nitrogen and oxygen atoms in total. The predicted octanol–water partition coefficient (Wildman–Crippen LogP) is 3.11. The summed E-state index contributed by atoms with van der Waals surface area (Å²) >= 11 is 0. The fraction of sp³-hybridized carbons (Fsp3) is 0.350. The van der Waals surface area contributed by atoms with E-state index in [-0.39, 0.29) is 22.9 Å². The summed E-state index contributed by atoms with van der Waals surface area (Å²) in [5.41, 5.74) is 4.79. The number of fused-ring (bicyclic) bond motifs is 1. The lowest BCUT2D eigenvalue weighted by atomic mass is 9.93. The second kappa shape index (κ2) is 8.68. The van der Waals surface area contributed by atoms with Gasteiger partial charge in [0.1, 0.15) is 5.76 Å². The molecule has 2 amide bonds. The molecular formula is C20H22N4O5. The van der Waals surface area contributed by atoms with Crippen LogP contribution < -0.4 is 10.7 Å². The minimum Gasteiger partial charge on any atom is -0.455 e. The van der Waals surface area contributed by atoms with Crippen molar-refractivity contribution in [2.24, 2.45) is 5.10 Å². The first-order chi connectivity index (χ1) is 13.9. The molecule has 2 aromatic rings. The van der Waals surface area contributed by atoms with Crippen molar-refractivity contribution in [3.63, 3.8) is 0 Å². The number of furan rings is 1. The number of rotatable bonds is 6. The zero-order valence-electron chi connectivity index (χ0n) is 16.3. The van der Waals surface area contributed by atoms with Gasteiger partial charge in [0.05, 0.1) is 10.6 Å². The molecule has 2 N–H and O–H groups in total. The zero-order valence-corrected chi connectivity index (χ0v) is 16.3. The van der Waals surface area contributed by atoms with Gasteiger partial charge in [0.15, 0.2) is 5.76 Å². The Labute approximate surface area is 167 Å². The third kappa shape index (κ3) is 4.34. The average molecular weight is 398 g/mol. The van der Waals surface area contributed by atoms with E-state index in [2.05, 4.69) is 15.8 Å². The summed E-state index contributed by atoms with van der Waals surface area (Å²) in [7, 11) is 0. The number of amides is 2. The first-order valence-electron chi connectivity index (χ1n) is 9.44. The van der Waals surface area contributed by atoms with Crippen molar-refractivity contribution < 1.29 is 18.9 Å². The molecule has 0 saturated heterocycles. The molecule has 0 saturated carbocycles. The number of nitrogens with zero attached hydrogens (tertiary/aromatic N) is 2. The summed E-state index contributed by atoms with van der Waals surface area (Å²) in [6.45, 7) is 4.34. The minimum atomic E-state index is -0.526. The first kappa shape index (κ1) is 20.2. The third-order valence-electron chi connectivity index (χ3n) is 4.70. The number of hydrazone groups is 1. The van der Waals surface area contributed by atoms with Crippen LogP contribution in [0.3, 0.4) is 0 Å². The highest BCUT2D eigenvalue weighted by Crippen LogP contribution is 2.29. The van der Waals surface area contributed by atoms with Gasteiger partial charge in [-0.3, -0.25) is 19.7 Å². The summed E-state index contributed by atoms with van der Waals surface area (Å²) in [6, 6.07) is 5.28. The van der Waals surface area contributed by atoms with Crippen molar-refractivity contribution >= 4 is 23.2 Å². The third-order valence-corrected chi connectivity index (χ3v) is 4.70. The van der Waals surface area contributed by atoms with Crippen molar-refractivity contribution in [3.8, 4) is 0 Å². The van der Waals surface area contributed by atoms with Crippen LogP contribution >= 0.6 is 0 Å². The normalized spacial score (nSPS) is 14.3. The standard InChI is InChI=1S/C20H22N4O5/c1-3-11-21-20(26)18-12(2)17-15(5-4-6-16(17)29-18)22-23-19(25)13-7-9-14(10-8-13)24(27)28/h7-10H,3-6,11H2,1-2H3,(H,21,26)(H,23,25)/b22-15+. The minimum absolute atomic E-state index is 0.0901. The second-order valence-corrected chi connectivity index (χ2v) is 6.77. The summed E-state index contributed by atoms with van der Waals surface area (Å²) in [5.74, 6) is 0.244. The van der Waals surface area contributed by atoms with E-state index in [1.165, 1.54) is 24.3 Å². The zero-order chi connectivity index (χ0) is 21.0. The Morgan fingerprint density at radius 2 is 1.93 bits per heavy atom. The van der Waals surface area contributed by atoms with Crippen molar-refractivity contribution in [2.75, 3.05) is 6.54 Å². The van der Waals surface area contributed by atoms with Gasteiger partial charge >= 0.3 is 0 Å². The molecule has 152 valence electrons. The van der Waals surface area contributed by atoms with E-state index in [1.54, 1.807) is 0 Å². The van der Waals surface area contributed by atoms with Gasteiger partial charge in [0, 0.05) is 41.8 Å². The molecular weight excluding hydrogens is 376 g/mol. The molecule has 1 aliphatic rings. The number of benzene rings is 1. The van der Waals surface area contributed by atoms with Crippen LogP contribution in [0.2, 0.25) is 0 Å². The van der Waals surface area contributed by atoms with Crippen LogP contribution in [0, 0.1) is 17.0 Å². The van der Waals surface area contributed by atoms with Gasteiger partial charge in [-0.25, -0.2) is 5.43 Å². The molecule has 0 fully saturated rings. The van der Waals surface area contributed by atoms with E-state index < -0.39 is 10.8 Å². The van der Waals surface area contributed by atoms with E-state index >= 15 is 0 Å². The first-order valence-corrected chi connectivity index (χ1v) is 9.44. The Bertz CT molecular complexity index is 976. The Morgan fingerprint density at radius 3 is 2.59 bits per heavy atom. The van der Waals surface area contributed by atoms with E-state index in [0.717, 1.165) is 18.4 Å². The summed E-state index contributed by atoms with van der Waals surface area (Å²) in [4.78, 5) is 34.8. The molecule has 1 aromatic carbocycles. The van der Waals surface area contributed by atoms with Crippen LogP contribution in [0.15, 0.2) is 33.8 Å². The molecule has 9 heteroatoms. The number of non-ortho nitro benzene ring substituents is 1. The van der Waals surface area contributed by atoms with Gasteiger partial charge in [-0.2, -0.15) is 5.10 Å². The van der Waals surface area contributed by atoms with Gasteiger partial charge in [0.2, 0.25) is 0 Å². The van der Waals surface area contributed by atoms with Crippen LogP contribution in [-0.4, -0.2) is 29.0 Å². The monoisotopic (exact) mass is 398 g/mol. The lowest BCUT2D eigenvalue weighted by molar-refractivity contribution is -0.384. The topological polar surface area (TPSA) is 127 Å². The molecule has 0 aliphatic heterocycles. The fourth-order valence-corrected chi connectivity index (χ4v) is 3.23. The Morgan fingerprint density at radius 1 is 1.21 bits per heavy atom. The Hall–Kier alpha value is -3.49. The quantitative estimate of drug-likeness (QED) is 0.571. The SMILES string of the molecule is CCCNC(=O)c1oc2c(c1C)/C(=N/NC(=O)c1ccc([N+](=O)[O-])cc1)CCC2. The highest BCUT2D eigenvalue weighted by atomic mass is 16.6. The number of nitro groups is 1. The van der Waals surface area contributed by atoms with Crippen LogP contribution in [0.5, 0.6) is 0 Å². The number of carbonyl (C=O) groups excluding carboxylic acids is 2. The molecule has 3 rings (SSSR count). The van der Waals surface area contributed by atoms with Gasteiger partial charge in [-0.1, -0.05) is 6.92 Å². The maximum Gasteiger partial charge on any atom is 0.287 e. The molecule has 1 aromatic heterocycles. The van der Waals surface area contributed by atoms with Crippen LogP contribution in [-0.2, 0) is 6.42 Å². The average Bonchev–Trinajstić information content (AvgIpc) is 3.07. The lowest BCUT2D eigenvalue weighted by Gasteiger charge is -2.13. The highest BCUT2D eigenvalue weighted by Gasteiger charge is 2.28. The van der Waals surface area contributed by atoms with Crippen molar-refractivity contribution in [1.29, 1.82) is 0 Å². The van der Waals surface area contributed by atoms with Crippen LogP contribution in [0.1, 0.15) is 64.0 Å². The van der Waals surface area contributed by atoms with Crippen LogP contribution in [0.25, 0.3) is 0 Å². The van der Waals surface area contributed by atoms with E-state index in [9.17, 15) is 19.7 Å². The molecule has 1 heterocycles.